The second kappa shape index (κ2) is 7.53. The highest BCUT2D eigenvalue weighted by Gasteiger charge is 2.15. The van der Waals surface area contributed by atoms with Crippen LogP contribution in [-0.4, -0.2) is 27.8 Å². The molecule has 0 atom stereocenters. The first-order chi connectivity index (χ1) is 12.5. The third kappa shape index (κ3) is 3.83. The van der Waals surface area contributed by atoms with Crippen molar-refractivity contribution in [2.45, 2.75) is 13.5 Å². The maximum atomic E-state index is 13.7. The van der Waals surface area contributed by atoms with E-state index in [-0.39, 0.29) is 18.1 Å². The lowest BCUT2D eigenvalue weighted by Gasteiger charge is -2.06. The van der Waals surface area contributed by atoms with Crippen LogP contribution in [0.1, 0.15) is 22.0 Å². The number of carbonyl (C=O) groups excluding carboxylic acids is 1. The van der Waals surface area contributed by atoms with Gasteiger partial charge < -0.3 is 10.1 Å². The average Bonchev–Trinajstić information content (AvgIpc) is 3.02. The molecule has 134 valence electrons. The Balaban J connectivity index is 1.71. The van der Waals surface area contributed by atoms with Crippen molar-refractivity contribution < 1.29 is 13.9 Å². The number of carbonyl (C=O) groups is 1. The van der Waals surface area contributed by atoms with E-state index in [2.05, 4.69) is 15.4 Å². The lowest BCUT2D eigenvalue weighted by Crippen LogP contribution is -2.24. The van der Waals surface area contributed by atoms with Gasteiger partial charge in [-0.2, -0.15) is 0 Å². The maximum absolute atomic E-state index is 13.7. The number of aryl methyl sites for hydroxylation is 1. The van der Waals surface area contributed by atoms with E-state index >= 15 is 0 Å². The fraction of sp³-hybridized carbons (Fsp3) is 0.167. The molecule has 0 radical (unpaired) electrons. The molecule has 0 aliphatic rings. The standard InChI is InChI=1S/C18H16ClFN4O2/c1-11-22-17(23-24(11)14-6-4-13(19)5-7-14)18(25)21-10-12-3-8-16(26-2)15(20)9-12/h3-9H,10H2,1-2H3,(H,21,25). The fourth-order valence-electron chi connectivity index (χ4n) is 2.39. The number of hydrogen-bond donors (Lipinski definition) is 1. The van der Waals surface area contributed by atoms with Gasteiger partial charge >= 0.3 is 0 Å². The summed E-state index contributed by atoms with van der Waals surface area (Å²) in [5, 5.41) is 7.51. The van der Waals surface area contributed by atoms with Crippen LogP contribution in [0.4, 0.5) is 4.39 Å². The lowest BCUT2D eigenvalue weighted by molar-refractivity contribution is 0.0940. The summed E-state index contributed by atoms with van der Waals surface area (Å²) < 4.78 is 20.1. The van der Waals surface area contributed by atoms with E-state index in [1.165, 1.54) is 19.2 Å². The molecule has 3 rings (SSSR count). The quantitative estimate of drug-likeness (QED) is 0.744. The highest BCUT2D eigenvalue weighted by molar-refractivity contribution is 6.30. The van der Waals surface area contributed by atoms with Crippen LogP contribution in [0.2, 0.25) is 5.02 Å². The number of benzene rings is 2. The largest absolute Gasteiger partial charge is 0.494 e. The monoisotopic (exact) mass is 374 g/mol. The van der Waals surface area contributed by atoms with Gasteiger partial charge in [-0.25, -0.2) is 14.1 Å². The molecule has 1 N–H and O–H groups in total. The van der Waals surface area contributed by atoms with E-state index in [1.54, 1.807) is 41.9 Å². The van der Waals surface area contributed by atoms with Gasteiger partial charge in [-0.1, -0.05) is 17.7 Å². The van der Waals surface area contributed by atoms with Gasteiger partial charge in [0.15, 0.2) is 11.6 Å². The van der Waals surface area contributed by atoms with Crippen LogP contribution in [0.5, 0.6) is 5.75 Å². The van der Waals surface area contributed by atoms with Crippen LogP contribution >= 0.6 is 11.6 Å². The van der Waals surface area contributed by atoms with Crippen LogP contribution in [0, 0.1) is 12.7 Å². The molecule has 3 aromatic rings. The second-order valence-corrected chi connectivity index (χ2v) is 5.96. The zero-order valence-electron chi connectivity index (χ0n) is 14.2. The Morgan fingerprint density at radius 1 is 1.27 bits per heavy atom. The number of nitrogens with zero attached hydrogens (tertiary/aromatic N) is 3. The summed E-state index contributed by atoms with van der Waals surface area (Å²) in [5.74, 6) is -0.184. The van der Waals surface area contributed by atoms with Gasteiger partial charge in [0.05, 0.1) is 12.8 Å². The third-order valence-electron chi connectivity index (χ3n) is 3.71. The van der Waals surface area contributed by atoms with Crippen LogP contribution in [-0.2, 0) is 6.54 Å². The van der Waals surface area contributed by atoms with Gasteiger partial charge in [-0.3, -0.25) is 4.79 Å². The molecule has 0 aliphatic heterocycles. The van der Waals surface area contributed by atoms with E-state index < -0.39 is 11.7 Å². The Hall–Kier alpha value is -2.93. The molecule has 1 heterocycles. The fourth-order valence-corrected chi connectivity index (χ4v) is 2.52. The third-order valence-corrected chi connectivity index (χ3v) is 3.96. The van der Waals surface area contributed by atoms with Crippen molar-refractivity contribution in [3.63, 3.8) is 0 Å². The average molecular weight is 375 g/mol. The molecule has 1 aromatic heterocycles. The Morgan fingerprint density at radius 3 is 2.65 bits per heavy atom. The van der Waals surface area contributed by atoms with Crippen LogP contribution in [0.3, 0.4) is 0 Å². The van der Waals surface area contributed by atoms with E-state index in [4.69, 9.17) is 16.3 Å². The van der Waals surface area contributed by atoms with Crippen LogP contribution < -0.4 is 10.1 Å². The molecule has 1 amide bonds. The Labute approximate surface area is 154 Å². The smallest absolute Gasteiger partial charge is 0.291 e. The van der Waals surface area contributed by atoms with E-state index in [9.17, 15) is 9.18 Å². The first kappa shape index (κ1) is 17.9. The molecule has 6 nitrogen and oxygen atoms in total. The first-order valence-corrected chi connectivity index (χ1v) is 8.16. The minimum Gasteiger partial charge on any atom is -0.494 e. The summed E-state index contributed by atoms with van der Waals surface area (Å²) in [7, 11) is 1.39. The normalized spacial score (nSPS) is 10.6. The van der Waals surface area contributed by atoms with Gasteiger partial charge in [0, 0.05) is 11.6 Å². The van der Waals surface area contributed by atoms with Crippen LogP contribution in [0.15, 0.2) is 42.5 Å². The minimum atomic E-state index is -0.486. The van der Waals surface area contributed by atoms with Crippen molar-refractivity contribution in [3.05, 3.63) is 70.5 Å². The number of rotatable bonds is 5. The van der Waals surface area contributed by atoms with E-state index in [1.807, 2.05) is 0 Å². The van der Waals surface area contributed by atoms with Gasteiger partial charge in [0.25, 0.3) is 5.91 Å². The molecule has 2 aromatic carbocycles. The first-order valence-electron chi connectivity index (χ1n) is 7.78. The number of nitrogens with one attached hydrogen (secondary N) is 1. The van der Waals surface area contributed by atoms with Crippen molar-refractivity contribution in [2.24, 2.45) is 0 Å². The molecule has 0 spiro atoms. The summed E-state index contributed by atoms with van der Waals surface area (Å²) in [5.41, 5.74) is 1.35. The topological polar surface area (TPSA) is 69.0 Å². The molecular formula is C18H16ClFN4O2. The summed E-state index contributed by atoms with van der Waals surface area (Å²) in [4.78, 5) is 16.5. The van der Waals surface area contributed by atoms with E-state index in [0.29, 0.717) is 16.4 Å². The van der Waals surface area contributed by atoms with Gasteiger partial charge in [0.2, 0.25) is 5.82 Å². The summed E-state index contributed by atoms with van der Waals surface area (Å²) in [6.45, 7) is 1.89. The number of hydrogen-bond acceptors (Lipinski definition) is 4. The number of halogens is 2. The van der Waals surface area contributed by atoms with E-state index in [0.717, 1.165) is 5.69 Å². The molecule has 0 fully saturated rings. The molecule has 26 heavy (non-hydrogen) atoms. The highest BCUT2D eigenvalue weighted by Crippen LogP contribution is 2.18. The molecule has 0 unspecified atom stereocenters. The molecule has 0 saturated carbocycles. The predicted octanol–water partition coefficient (Wildman–Crippen LogP) is 3.31. The minimum absolute atomic E-state index is 0.0337. The van der Waals surface area contributed by atoms with Crippen molar-refractivity contribution in [1.82, 2.24) is 20.1 Å². The number of ether oxygens (including phenoxy) is 1. The van der Waals surface area contributed by atoms with Crippen molar-refractivity contribution >= 4 is 17.5 Å². The highest BCUT2D eigenvalue weighted by atomic mass is 35.5. The Morgan fingerprint density at radius 2 is 2.00 bits per heavy atom. The number of aromatic nitrogens is 3. The van der Waals surface area contributed by atoms with Crippen molar-refractivity contribution in [1.29, 1.82) is 0 Å². The van der Waals surface area contributed by atoms with Crippen molar-refractivity contribution in [2.75, 3.05) is 7.11 Å². The summed E-state index contributed by atoms with van der Waals surface area (Å²) >= 11 is 5.88. The summed E-state index contributed by atoms with van der Waals surface area (Å²) in [6, 6.07) is 11.5. The maximum Gasteiger partial charge on any atom is 0.291 e. The van der Waals surface area contributed by atoms with Gasteiger partial charge in [-0.15, -0.1) is 5.10 Å². The van der Waals surface area contributed by atoms with Gasteiger partial charge in [0.1, 0.15) is 5.82 Å². The zero-order valence-corrected chi connectivity index (χ0v) is 14.9. The zero-order chi connectivity index (χ0) is 18.7. The van der Waals surface area contributed by atoms with Crippen molar-refractivity contribution in [3.8, 4) is 11.4 Å². The Bertz CT molecular complexity index is 941. The summed E-state index contributed by atoms with van der Waals surface area (Å²) in [6.07, 6.45) is 0. The molecular weight excluding hydrogens is 359 g/mol. The molecule has 8 heteroatoms. The number of methoxy groups -OCH3 is 1. The predicted molar refractivity (Wildman–Crippen MR) is 95.2 cm³/mol. The van der Waals surface area contributed by atoms with Crippen LogP contribution in [0.25, 0.3) is 5.69 Å². The lowest BCUT2D eigenvalue weighted by atomic mass is 10.2. The molecule has 0 bridgehead atoms. The molecule has 0 aliphatic carbocycles. The van der Waals surface area contributed by atoms with Gasteiger partial charge in [-0.05, 0) is 48.9 Å². The number of amides is 1. The SMILES string of the molecule is COc1ccc(CNC(=O)c2nc(C)n(-c3ccc(Cl)cc3)n2)cc1F. The second-order valence-electron chi connectivity index (χ2n) is 5.52. The molecule has 0 saturated heterocycles. The Kier molecular flexibility index (Phi) is 5.18.